The molecule has 106 valence electrons. The van der Waals surface area contributed by atoms with Crippen LogP contribution in [0.15, 0.2) is 48.7 Å². The maximum atomic E-state index is 4.45. The minimum Gasteiger partial charge on any atom is -0.311 e. The lowest BCUT2D eigenvalue weighted by Gasteiger charge is -2.08. The minimum absolute atomic E-state index is 0.884. The lowest BCUT2D eigenvalue weighted by molar-refractivity contribution is 0.613. The number of unbranched alkanes of at least 4 members (excludes halogenated alkanes) is 1. The first kappa shape index (κ1) is 14.7. The van der Waals surface area contributed by atoms with Crippen LogP contribution >= 0.6 is 0 Å². The first-order chi connectivity index (χ1) is 9.90. The van der Waals surface area contributed by atoms with Crippen LogP contribution in [-0.4, -0.2) is 11.5 Å². The van der Waals surface area contributed by atoms with Crippen LogP contribution < -0.4 is 5.32 Å². The Balaban J connectivity index is 1.62. The summed E-state index contributed by atoms with van der Waals surface area (Å²) in [6.45, 7) is 4.13. The summed E-state index contributed by atoms with van der Waals surface area (Å²) in [4.78, 5) is 4.45. The summed E-state index contributed by atoms with van der Waals surface area (Å²) in [6.07, 6.45) is 6.56. The van der Waals surface area contributed by atoms with Crippen molar-refractivity contribution in [3.05, 3.63) is 65.5 Å². The highest BCUT2D eigenvalue weighted by Gasteiger charge is 2.00. The number of hydrogen-bond donors (Lipinski definition) is 1. The Kier molecular flexibility index (Phi) is 6.25. The summed E-state index contributed by atoms with van der Waals surface area (Å²) in [5.74, 6) is 0. The van der Waals surface area contributed by atoms with Gasteiger partial charge >= 0.3 is 0 Å². The molecule has 2 nitrogen and oxygen atoms in total. The fourth-order valence-electron chi connectivity index (χ4n) is 2.38. The van der Waals surface area contributed by atoms with E-state index in [2.05, 4.69) is 53.6 Å². The van der Waals surface area contributed by atoms with Gasteiger partial charge in [0, 0.05) is 12.7 Å². The van der Waals surface area contributed by atoms with Crippen LogP contribution in [0.1, 0.15) is 36.6 Å². The largest absolute Gasteiger partial charge is 0.311 e. The van der Waals surface area contributed by atoms with Crippen molar-refractivity contribution in [1.82, 2.24) is 10.3 Å². The molecule has 2 aromatic rings. The minimum atomic E-state index is 0.884. The molecule has 0 bridgehead atoms. The zero-order valence-corrected chi connectivity index (χ0v) is 12.3. The summed E-state index contributed by atoms with van der Waals surface area (Å²) in [7, 11) is 0. The molecule has 2 rings (SSSR count). The van der Waals surface area contributed by atoms with E-state index >= 15 is 0 Å². The summed E-state index contributed by atoms with van der Waals surface area (Å²) in [6, 6.07) is 14.9. The van der Waals surface area contributed by atoms with Gasteiger partial charge in [-0.05, 0) is 49.4 Å². The number of rotatable bonds is 8. The standard InChI is InChI=1S/C18H24N2/c1-2-17-12-8-14-20-18(17)15-19-13-7-6-11-16-9-4-3-5-10-16/h3-5,8-10,12,14,19H,2,6-7,11,13,15H2,1H3. The second kappa shape index (κ2) is 8.49. The van der Waals surface area contributed by atoms with Gasteiger partial charge in [-0.3, -0.25) is 4.98 Å². The second-order valence-corrected chi connectivity index (χ2v) is 5.08. The Morgan fingerprint density at radius 3 is 2.65 bits per heavy atom. The van der Waals surface area contributed by atoms with Crippen LogP contribution in [0.3, 0.4) is 0 Å². The van der Waals surface area contributed by atoms with Gasteiger partial charge in [0.15, 0.2) is 0 Å². The Hall–Kier alpha value is -1.67. The summed E-state index contributed by atoms with van der Waals surface area (Å²) in [5, 5.41) is 3.50. The predicted molar refractivity (Wildman–Crippen MR) is 84.7 cm³/mol. The van der Waals surface area contributed by atoms with E-state index in [1.165, 1.54) is 36.1 Å². The highest BCUT2D eigenvalue weighted by atomic mass is 14.9. The number of aryl methyl sites for hydroxylation is 2. The first-order valence-corrected chi connectivity index (χ1v) is 7.57. The van der Waals surface area contributed by atoms with Crippen molar-refractivity contribution in [2.45, 2.75) is 39.2 Å². The molecule has 0 radical (unpaired) electrons. The lowest BCUT2D eigenvalue weighted by Crippen LogP contribution is -2.17. The summed E-state index contributed by atoms with van der Waals surface area (Å²) in [5.41, 5.74) is 3.98. The smallest absolute Gasteiger partial charge is 0.0573 e. The fourth-order valence-corrected chi connectivity index (χ4v) is 2.38. The van der Waals surface area contributed by atoms with Crippen molar-refractivity contribution >= 4 is 0 Å². The monoisotopic (exact) mass is 268 g/mol. The molecular weight excluding hydrogens is 244 g/mol. The van der Waals surface area contributed by atoms with Crippen LogP contribution in [-0.2, 0) is 19.4 Å². The van der Waals surface area contributed by atoms with Gasteiger partial charge in [0.2, 0.25) is 0 Å². The predicted octanol–water partition coefficient (Wildman–Crippen LogP) is 3.76. The molecule has 20 heavy (non-hydrogen) atoms. The number of nitrogens with one attached hydrogen (secondary N) is 1. The van der Waals surface area contributed by atoms with Gasteiger partial charge in [-0.2, -0.15) is 0 Å². The summed E-state index contributed by atoms with van der Waals surface area (Å²) >= 11 is 0. The number of pyridine rings is 1. The molecule has 0 unspecified atom stereocenters. The van der Waals surface area contributed by atoms with E-state index in [1.54, 1.807) is 0 Å². The van der Waals surface area contributed by atoms with E-state index in [0.717, 1.165) is 19.5 Å². The van der Waals surface area contributed by atoms with Crippen molar-refractivity contribution in [3.8, 4) is 0 Å². The maximum absolute atomic E-state index is 4.45. The third-order valence-corrected chi connectivity index (χ3v) is 3.57. The highest BCUT2D eigenvalue weighted by molar-refractivity contribution is 5.19. The van der Waals surface area contributed by atoms with Gasteiger partial charge in [0.25, 0.3) is 0 Å². The van der Waals surface area contributed by atoms with Gasteiger partial charge in [-0.15, -0.1) is 0 Å². The lowest BCUT2D eigenvalue weighted by atomic mass is 10.1. The number of hydrogen-bond acceptors (Lipinski definition) is 2. The number of aromatic nitrogens is 1. The van der Waals surface area contributed by atoms with E-state index in [4.69, 9.17) is 0 Å². The molecule has 1 aromatic carbocycles. The molecule has 1 N–H and O–H groups in total. The van der Waals surface area contributed by atoms with Crippen LogP contribution in [0, 0.1) is 0 Å². The van der Waals surface area contributed by atoms with Gasteiger partial charge in [0.1, 0.15) is 0 Å². The van der Waals surface area contributed by atoms with Gasteiger partial charge in [0.05, 0.1) is 5.69 Å². The fraction of sp³-hybridized carbons (Fsp3) is 0.389. The molecule has 1 aromatic heterocycles. The van der Waals surface area contributed by atoms with E-state index in [-0.39, 0.29) is 0 Å². The summed E-state index contributed by atoms with van der Waals surface area (Å²) < 4.78 is 0. The van der Waals surface area contributed by atoms with Gasteiger partial charge < -0.3 is 5.32 Å². The van der Waals surface area contributed by atoms with Crippen molar-refractivity contribution in [1.29, 1.82) is 0 Å². The molecule has 0 saturated carbocycles. The molecule has 1 heterocycles. The molecule has 0 aliphatic carbocycles. The number of nitrogens with zero attached hydrogens (tertiary/aromatic N) is 1. The molecule has 0 spiro atoms. The molecular formula is C18H24N2. The molecule has 0 fully saturated rings. The first-order valence-electron chi connectivity index (χ1n) is 7.57. The van der Waals surface area contributed by atoms with Crippen molar-refractivity contribution in [2.75, 3.05) is 6.54 Å². The van der Waals surface area contributed by atoms with E-state index in [0.29, 0.717) is 0 Å². The topological polar surface area (TPSA) is 24.9 Å². The van der Waals surface area contributed by atoms with Crippen LogP contribution in [0.2, 0.25) is 0 Å². The number of benzene rings is 1. The van der Waals surface area contributed by atoms with Gasteiger partial charge in [-0.25, -0.2) is 0 Å². The quantitative estimate of drug-likeness (QED) is 0.737. The molecule has 0 atom stereocenters. The van der Waals surface area contributed by atoms with Crippen molar-refractivity contribution < 1.29 is 0 Å². The van der Waals surface area contributed by atoms with Gasteiger partial charge in [-0.1, -0.05) is 43.3 Å². The van der Waals surface area contributed by atoms with E-state index in [1.807, 2.05) is 12.3 Å². The van der Waals surface area contributed by atoms with Crippen molar-refractivity contribution in [3.63, 3.8) is 0 Å². The Bertz CT molecular complexity index is 494. The van der Waals surface area contributed by atoms with Crippen LogP contribution in [0.5, 0.6) is 0 Å². The zero-order valence-electron chi connectivity index (χ0n) is 12.3. The maximum Gasteiger partial charge on any atom is 0.0573 e. The average Bonchev–Trinajstić information content (AvgIpc) is 2.52. The highest BCUT2D eigenvalue weighted by Crippen LogP contribution is 2.06. The Morgan fingerprint density at radius 2 is 1.85 bits per heavy atom. The molecule has 0 aliphatic heterocycles. The Labute approximate surface area is 122 Å². The zero-order chi connectivity index (χ0) is 14.0. The van der Waals surface area contributed by atoms with Crippen LogP contribution in [0.25, 0.3) is 0 Å². The Morgan fingerprint density at radius 1 is 1.00 bits per heavy atom. The van der Waals surface area contributed by atoms with E-state index < -0.39 is 0 Å². The third kappa shape index (κ3) is 4.78. The van der Waals surface area contributed by atoms with Crippen LogP contribution in [0.4, 0.5) is 0 Å². The van der Waals surface area contributed by atoms with E-state index in [9.17, 15) is 0 Å². The third-order valence-electron chi connectivity index (χ3n) is 3.57. The molecule has 0 saturated heterocycles. The molecule has 0 aliphatic rings. The second-order valence-electron chi connectivity index (χ2n) is 5.08. The average molecular weight is 268 g/mol. The normalized spacial score (nSPS) is 10.7. The molecule has 0 amide bonds. The molecule has 2 heteroatoms. The van der Waals surface area contributed by atoms with Crippen molar-refractivity contribution in [2.24, 2.45) is 0 Å². The SMILES string of the molecule is CCc1cccnc1CNCCCCc1ccccc1.